The van der Waals surface area contributed by atoms with E-state index >= 15 is 0 Å². The Hall–Kier alpha value is -2.09. The van der Waals surface area contributed by atoms with E-state index in [1.165, 1.54) is 161 Å². The number of hydrogen-bond acceptors (Lipinski definition) is 36. The predicted molar refractivity (Wildman–Crippen MR) is 342 cm³/mol. The summed E-state index contributed by atoms with van der Waals surface area (Å²) in [6, 6.07) is 0. The van der Waals surface area contributed by atoms with Gasteiger partial charge in [0.2, 0.25) is 0 Å². The maximum atomic E-state index is 14.0. The average molecular weight is 1490 g/mol. The van der Waals surface area contributed by atoms with Crippen LogP contribution < -0.4 is 0 Å². The van der Waals surface area contributed by atoms with E-state index in [9.17, 15) is 4.79 Å². The van der Waals surface area contributed by atoms with E-state index in [1.54, 1.807) is 0 Å². The van der Waals surface area contributed by atoms with E-state index < -0.39 is 221 Å². The molecule has 0 saturated carbocycles. The third kappa shape index (κ3) is 18.8. The minimum absolute atomic E-state index is 0.0529. The van der Waals surface area contributed by atoms with Crippen LogP contribution in [0.2, 0.25) is 0 Å². The maximum absolute atomic E-state index is 14.0. The van der Waals surface area contributed by atoms with Gasteiger partial charge in [0.05, 0.1) is 46.2 Å². The van der Waals surface area contributed by atoms with Gasteiger partial charge in [-0.05, 0) is 0 Å². The fourth-order valence-electron chi connectivity index (χ4n) is 15.0. The fourth-order valence-corrected chi connectivity index (χ4v) is 15.0. The van der Waals surface area contributed by atoms with Crippen molar-refractivity contribution in [3.63, 3.8) is 0 Å². The van der Waals surface area contributed by atoms with E-state index in [0.29, 0.717) is 0 Å². The zero-order valence-electron chi connectivity index (χ0n) is 62.8. The predicted octanol–water partition coefficient (Wildman–Crippen LogP) is -1.44. The highest BCUT2D eigenvalue weighted by Gasteiger charge is 2.62. The van der Waals surface area contributed by atoms with Crippen LogP contribution in [-0.2, 0) is 166 Å². The molecule has 0 radical (unpaired) electrons. The first kappa shape index (κ1) is 85.5. The summed E-state index contributed by atoms with van der Waals surface area (Å²) in [6.07, 6.45) is -39.5. The van der Waals surface area contributed by atoms with Gasteiger partial charge in [0.25, 0.3) is 0 Å². The highest BCUT2D eigenvalue weighted by atomic mass is 16.8. The van der Waals surface area contributed by atoms with Crippen LogP contribution in [0.4, 0.5) is 4.79 Å². The van der Waals surface area contributed by atoms with Gasteiger partial charge in [0.1, 0.15) is 165 Å². The third-order valence-corrected chi connectivity index (χ3v) is 19.6. The van der Waals surface area contributed by atoms with Crippen molar-refractivity contribution >= 4 is 6.09 Å². The number of methoxy groups -OCH3 is 20. The number of nitrogens with zero attached hydrogens (tertiary/aromatic N) is 1. The monoisotopic (exact) mass is 1490 g/mol. The summed E-state index contributed by atoms with van der Waals surface area (Å²) < 4.78 is 226. The molecule has 596 valence electrons. The van der Waals surface area contributed by atoms with E-state index in [4.69, 9.17) is 166 Å². The molecule has 0 aromatic heterocycles. The summed E-state index contributed by atoms with van der Waals surface area (Å²) in [4.78, 5) is 15.2. The first-order chi connectivity index (χ1) is 49.5. The van der Waals surface area contributed by atoms with Crippen LogP contribution >= 0.6 is 0 Å². The molecule has 0 aromatic carbocycles. The molecule has 21 aliphatic rings. The Kier molecular flexibility index (Phi) is 34.9. The van der Waals surface area contributed by atoms with E-state index in [2.05, 4.69) is 0 Å². The van der Waals surface area contributed by atoms with Crippen molar-refractivity contribution < 1.29 is 171 Å². The Morgan fingerprint density at radius 2 is 0.353 bits per heavy atom. The molecule has 0 aromatic rings. The summed E-state index contributed by atoms with van der Waals surface area (Å²) in [6.45, 7) is -0.590. The highest BCUT2D eigenvalue weighted by molar-refractivity contribution is 5.67. The zero-order chi connectivity index (χ0) is 74.1. The second-order valence-corrected chi connectivity index (χ2v) is 25.5. The molecule has 21 heterocycles. The topological polar surface area (TPSA) is 343 Å². The van der Waals surface area contributed by atoms with Crippen molar-refractivity contribution in [2.45, 2.75) is 215 Å². The van der Waals surface area contributed by atoms with Crippen molar-refractivity contribution in [3.8, 4) is 0 Å². The van der Waals surface area contributed by atoms with Gasteiger partial charge in [-0.15, -0.1) is 0 Å². The minimum Gasteiger partial charge on any atom is -0.438 e. The molecule has 35 atom stereocenters. The Balaban J connectivity index is 1.26. The standard InChI is InChI=1S/C65H115NO36/c1-66(2)65(67)102-57-50(81-16)43-36(29-74-9)94-64(57)101-42-35(28-73-8)93-62(56(87-22)49(42)80-15)99-40-33(26-71-6)91-60(54(85-20)47(40)78-13)97-38-31(24-69-4)89-58(52(83-18)45(38)76-11)95-37-30(23-68-3)88-59(51(82-17)44(37)75-10)96-39-32(25-70-5)90-61(53(84-19)46(39)77-12)98-41-34(27-72-7)92-63(100-43)55(86-21)48(41)79-14/h30-64H,23-29H2,1-22H3/t30-,31-,32+,33-,34+,35-,36+,37-,38-,39-,40-,41-,42-,43-,44+,45+,46+,47-,48+,49-,50+,51-,52+,53-,54+,55-,56+,57-,58-,59-,60-,61-,62-,63-,64-/m1/s1. The number of carbonyl (C=O) groups excluding carboxylic acids is 1. The quantitative estimate of drug-likeness (QED) is 0.0865. The Morgan fingerprint density at radius 3 is 0.480 bits per heavy atom. The molecule has 21 saturated heterocycles. The molecule has 0 N–H and O–H groups in total. The van der Waals surface area contributed by atoms with Gasteiger partial charge < -0.3 is 171 Å². The molecule has 1 amide bonds. The smallest absolute Gasteiger partial charge is 0.409 e. The van der Waals surface area contributed by atoms with Crippen LogP contribution in [0.3, 0.4) is 0 Å². The molecular formula is C65H115NO36. The highest BCUT2D eigenvalue weighted by Crippen LogP contribution is 2.43. The summed E-state index contributed by atoms with van der Waals surface area (Å²) >= 11 is 0. The molecule has 0 unspecified atom stereocenters. The molecule has 14 bridgehead atoms. The molecule has 37 nitrogen and oxygen atoms in total. The lowest BCUT2D eigenvalue weighted by Crippen LogP contribution is -2.69. The van der Waals surface area contributed by atoms with E-state index in [-0.39, 0.29) is 46.2 Å². The van der Waals surface area contributed by atoms with Gasteiger partial charge in [0, 0.05) is 156 Å². The minimum atomic E-state index is -1.49. The lowest BCUT2D eigenvalue weighted by molar-refractivity contribution is -0.402. The van der Waals surface area contributed by atoms with Crippen molar-refractivity contribution in [2.75, 3.05) is 203 Å². The van der Waals surface area contributed by atoms with Crippen LogP contribution in [0.15, 0.2) is 0 Å². The number of carbonyl (C=O) groups is 1. The van der Waals surface area contributed by atoms with Gasteiger partial charge in [-0.3, -0.25) is 0 Å². The summed E-state index contributed by atoms with van der Waals surface area (Å²) in [5.41, 5.74) is 0. The van der Waals surface area contributed by atoms with Crippen LogP contribution in [-0.4, -0.2) is 428 Å². The van der Waals surface area contributed by atoms with E-state index in [1.807, 2.05) is 0 Å². The second-order valence-electron chi connectivity index (χ2n) is 25.5. The molecule has 21 aliphatic heterocycles. The van der Waals surface area contributed by atoms with Gasteiger partial charge >= 0.3 is 6.09 Å². The first-order valence-electron chi connectivity index (χ1n) is 33.8. The second kappa shape index (κ2) is 41.6. The number of amides is 1. The van der Waals surface area contributed by atoms with Gasteiger partial charge in [-0.25, -0.2) is 4.79 Å². The number of rotatable bonds is 28. The molecule has 21 rings (SSSR count). The number of ether oxygens (including phenoxy) is 35. The summed E-state index contributed by atoms with van der Waals surface area (Å²) in [5.74, 6) is 0. The average Bonchev–Trinajstić information content (AvgIpc) is 0.722. The van der Waals surface area contributed by atoms with Gasteiger partial charge in [-0.2, -0.15) is 0 Å². The van der Waals surface area contributed by atoms with Crippen LogP contribution in [0, 0.1) is 0 Å². The van der Waals surface area contributed by atoms with Gasteiger partial charge in [0.15, 0.2) is 50.1 Å². The third-order valence-electron chi connectivity index (χ3n) is 19.6. The lowest BCUT2D eigenvalue weighted by Gasteiger charge is -2.52. The zero-order valence-corrected chi connectivity index (χ0v) is 62.8. The molecule has 37 heteroatoms. The SMILES string of the molecule is COC[C@@H]1O[C@@H]2O[C@H]3[C@H](OC)[C@@H](OC(=O)N(C)C)[C@@H](O[C@H]4[C@@H](OC)[C@H](OC)[C@@H](O[C@H]5[C@@H](OC)[C@H](OC)[C@@H](O[C@H]6[C@H](OC)[C@H](OC)[C@@H](O[C@H]7[C@H](OC)[C@@H](OC)[C@@H](O[C@H]8[C@H](OC)[C@@H](OC)[C@@H](O[C@H]1[C@H](OC)[C@H]2OC)O[C@H]8COC)O[C@@H]7COC)O[C@@H]6COC)O[C@@H]5COC)O[C@@H]4COC)O[C@H]3COC. The Labute approximate surface area is 597 Å². The van der Waals surface area contributed by atoms with Crippen molar-refractivity contribution in [1.29, 1.82) is 0 Å². The molecule has 0 aliphatic carbocycles. The number of hydrogen-bond donors (Lipinski definition) is 0. The van der Waals surface area contributed by atoms with Crippen molar-refractivity contribution in [1.82, 2.24) is 4.90 Å². The molecular weight excluding hydrogens is 1370 g/mol. The Bertz CT molecular complexity index is 2360. The largest absolute Gasteiger partial charge is 0.438 e. The van der Waals surface area contributed by atoms with Gasteiger partial charge in [-0.1, -0.05) is 0 Å². The molecule has 102 heavy (non-hydrogen) atoms. The Morgan fingerprint density at radius 1 is 0.216 bits per heavy atom. The fraction of sp³-hybridized carbons (Fsp3) is 0.985. The van der Waals surface area contributed by atoms with Crippen molar-refractivity contribution in [3.05, 3.63) is 0 Å². The molecule has 0 spiro atoms. The van der Waals surface area contributed by atoms with Crippen LogP contribution in [0.5, 0.6) is 0 Å². The first-order valence-corrected chi connectivity index (χ1v) is 33.8. The van der Waals surface area contributed by atoms with Crippen LogP contribution in [0.1, 0.15) is 0 Å². The van der Waals surface area contributed by atoms with Crippen molar-refractivity contribution in [2.24, 2.45) is 0 Å². The van der Waals surface area contributed by atoms with E-state index in [0.717, 1.165) is 0 Å². The summed E-state index contributed by atoms with van der Waals surface area (Å²) in [7, 11) is 32.7. The lowest BCUT2D eigenvalue weighted by atomic mass is 9.94. The molecule has 21 fully saturated rings. The normalized spacial score (nSPS) is 44.6. The summed E-state index contributed by atoms with van der Waals surface area (Å²) in [5, 5.41) is 0. The van der Waals surface area contributed by atoms with Crippen LogP contribution in [0.25, 0.3) is 0 Å². The maximum Gasteiger partial charge on any atom is 0.409 e.